The Kier molecular flexibility index (Phi) is 8.05. The number of ether oxygens (including phenoxy) is 1. The van der Waals surface area contributed by atoms with Crippen LogP contribution in [-0.4, -0.2) is 57.5 Å². The Labute approximate surface area is 167 Å². The molecule has 2 aliphatic rings. The number of carbonyl (C=O) groups is 1. The fourth-order valence-corrected chi connectivity index (χ4v) is 4.83. The van der Waals surface area contributed by atoms with E-state index < -0.39 is 10.0 Å². The second-order valence-corrected chi connectivity index (χ2v) is 8.89. The first-order valence-electron chi connectivity index (χ1n) is 9.15. The molecule has 1 aromatic rings. The number of nitrogens with one attached hydrogen (secondary N) is 2. The van der Waals surface area contributed by atoms with Crippen LogP contribution in [0.15, 0.2) is 29.2 Å². The van der Waals surface area contributed by atoms with Gasteiger partial charge in [-0.05, 0) is 44.0 Å². The molecule has 0 aliphatic carbocycles. The highest BCUT2D eigenvalue weighted by molar-refractivity contribution is 7.89. The Morgan fingerprint density at radius 2 is 1.93 bits per heavy atom. The van der Waals surface area contributed by atoms with Gasteiger partial charge in [0, 0.05) is 31.6 Å². The van der Waals surface area contributed by atoms with Crippen molar-refractivity contribution in [2.45, 2.75) is 37.2 Å². The Hall–Kier alpha value is -1.19. The molecule has 2 atom stereocenters. The van der Waals surface area contributed by atoms with Gasteiger partial charge in [0.25, 0.3) is 0 Å². The van der Waals surface area contributed by atoms with Crippen LogP contribution in [0, 0.1) is 5.92 Å². The number of rotatable bonds is 5. The van der Waals surface area contributed by atoms with Crippen LogP contribution in [0.5, 0.6) is 0 Å². The Bertz CT molecular complexity index is 721. The van der Waals surface area contributed by atoms with Crippen LogP contribution in [0.4, 0.5) is 0 Å². The monoisotopic (exact) mass is 417 g/mol. The van der Waals surface area contributed by atoms with Crippen molar-refractivity contribution in [2.75, 3.05) is 32.8 Å². The first-order chi connectivity index (χ1) is 12.5. The summed E-state index contributed by atoms with van der Waals surface area (Å²) in [7, 11) is -3.47. The molecule has 0 spiro atoms. The molecule has 0 radical (unpaired) electrons. The van der Waals surface area contributed by atoms with Crippen LogP contribution in [-0.2, 0) is 26.1 Å². The molecular formula is C18H28ClN3O4S. The summed E-state index contributed by atoms with van der Waals surface area (Å²) < 4.78 is 31.9. The molecule has 0 saturated carbocycles. The number of hydrogen-bond donors (Lipinski definition) is 2. The van der Waals surface area contributed by atoms with E-state index in [1.165, 1.54) is 4.31 Å². The van der Waals surface area contributed by atoms with Crippen LogP contribution < -0.4 is 10.6 Å². The first kappa shape index (κ1) is 22.1. The maximum atomic E-state index is 12.6. The van der Waals surface area contributed by atoms with Gasteiger partial charge in [0.1, 0.15) is 0 Å². The lowest BCUT2D eigenvalue weighted by molar-refractivity contribution is -0.126. The lowest BCUT2D eigenvalue weighted by atomic mass is 9.92. The van der Waals surface area contributed by atoms with Crippen LogP contribution in [0.2, 0.25) is 0 Å². The molecule has 27 heavy (non-hydrogen) atoms. The lowest BCUT2D eigenvalue weighted by Gasteiger charge is -2.27. The molecule has 0 unspecified atom stereocenters. The van der Waals surface area contributed by atoms with Crippen LogP contribution in [0.1, 0.15) is 25.3 Å². The highest BCUT2D eigenvalue weighted by Gasteiger charge is 2.26. The number of nitrogens with zero attached hydrogens (tertiary/aromatic N) is 1. The summed E-state index contributed by atoms with van der Waals surface area (Å²) in [6, 6.07) is 7.11. The number of sulfonamides is 1. The second kappa shape index (κ2) is 9.84. The predicted octanol–water partition coefficient (Wildman–Crippen LogP) is 1.13. The summed E-state index contributed by atoms with van der Waals surface area (Å²) in [6.45, 7) is 5.00. The molecule has 0 bridgehead atoms. The van der Waals surface area contributed by atoms with Crippen LogP contribution >= 0.6 is 12.4 Å². The van der Waals surface area contributed by atoms with Crippen molar-refractivity contribution in [3.05, 3.63) is 29.8 Å². The molecule has 2 N–H and O–H groups in total. The smallest absolute Gasteiger partial charge is 0.243 e. The van der Waals surface area contributed by atoms with E-state index in [0.29, 0.717) is 38.9 Å². The summed E-state index contributed by atoms with van der Waals surface area (Å²) in [4.78, 5) is 12.6. The number of amides is 1. The molecule has 0 aromatic heterocycles. The summed E-state index contributed by atoms with van der Waals surface area (Å²) in [6.07, 6.45) is 1.70. The summed E-state index contributed by atoms with van der Waals surface area (Å²) >= 11 is 0. The lowest BCUT2D eigenvalue weighted by Crippen LogP contribution is -2.42. The van der Waals surface area contributed by atoms with Crippen molar-refractivity contribution < 1.29 is 17.9 Å². The third-order valence-electron chi connectivity index (χ3n) is 4.99. The van der Waals surface area contributed by atoms with Gasteiger partial charge >= 0.3 is 0 Å². The fourth-order valence-electron chi connectivity index (χ4n) is 3.42. The number of hydrogen-bond acceptors (Lipinski definition) is 5. The quantitative estimate of drug-likeness (QED) is 0.750. The van der Waals surface area contributed by atoms with Crippen molar-refractivity contribution in [2.24, 2.45) is 5.92 Å². The van der Waals surface area contributed by atoms with E-state index in [2.05, 4.69) is 17.6 Å². The minimum absolute atomic E-state index is 0. The molecule has 9 heteroatoms. The normalized spacial score (nSPS) is 24.0. The summed E-state index contributed by atoms with van der Waals surface area (Å²) in [5.41, 5.74) is 0.890. The Morgan fingerprint density at radius 3 is 2.56 bits per heavy atom. The summed E-state index contributed by atoms with van der Waals surface area (Å²) in [5, 5.41) is 6.31. The van der Waals surface area contributed by atoms with Crippen molar-refractivity contribution in [3.8, 4) is 0 Å². The summed E-state index contributed by atoms with van der Waals surface area (Å²) in [5.74, 6) is 0.121. The van der Waals surface area contributed by atoms with Gasteiger partial charge in [0.2, 0.25) is 15.9 Å². The van der Waals surface area contributed by atoms with Gasteiger partial charge in [-0.2, -0.15) is 4.31 Å². The maximum Gasteiger partial charge on any atom is 0.243 e. The minimum atomic E-state index is -3.47. The largest absolute Gasteiger partial charge is 0.379 e. The van der Waals surface area contributed by atoms with Crippen molar-refractivity contribution in [3.63, 3.8) is 0 Å². The molecule has 2 heterocycles. The number of halogens is 1. The number of piperidine rings is 1. The number of carbonyl (C=O) groups excluding carboxylic acids is 1. The standard InChI is InChI=1S/C18H27N3O4S.ClH/c1-14-12-16(6-7-19-14)18(22)20-13-15-2-4-17(5-3-15)26(23,24)21-8-10-25-11-9-21;/h2-5,14,16,19H,6-13H2,1H3,(H,20,22);1H/t14-,16-;/m0./s1. The van der Waals surface area contributed by atoms with E-state index in [4.69, 9.17) is 4.74 Å². The highest BCUT2D eigenvalue weighted by atomic mass is 35.5. The number of morpholine rings is 1. The van der Waals surface area contributed by atoms with E-state index in [1.807, 2.05) is 0 Å². The number of benzene rings is 1. The van der Waals surface area contributed by atoms with Crippen molar-refractivity contribution >= 4 is 28.3 Å². The molecule has 3 rings (SSSR count). The van der Waals surface area contributed by atoms with E-state index in [9.17, 15) is 13.2 Å². The zero-order valence-corrected chi connectivity index (χ0v) is 17.2. The average Bonchev–Trinajstić information content (AvgIpc) is 2.67. The molecule has 2 fully saturated rings. The molecule has 152 valence electrons. The molecular weight excluding hydrogens is 390 g/mol. The molecule has 1 aromatic carbocycles. The topological polar surface area (TPSA) is 87.7 Å². The van der Waals surface area contributed by atoms with Gasteiger partial charge in [-0.1, -0.05) is 12.1 Å². The molecule has 1 amide bonds. The van der Waals surface area contributed by atoms with E-state index in [-0.39, 0.29) is 29.1 Å². The van der Waals surface area contributed by atoms with Crippen molar-refractivity contribution in [1.82, 2.24) is 14.9 Å². The average molecular weight is 418 g/mol. The zero-order chi connectivity index (χ0) is 18.6. The predicted molar refractivity (Wildman–Crippen MR) is 105 cm³/mol. The van der Waals surface area contributed by atoms with Gasteiger partial charge in [0.05, 0.1) is 18.1 Å². The van der Waals surface area contributed by atoms with Gasteiger partial charge in [-0.3, -0.25) is 4.79 Å². The van der Waals surface area contributed by atoms with Gasteiger partial charge in [0.15, 0.2) is 0 Å². The molecule has 2 aliphatic heterocycles. The molecule has 2 saturated heterocycles. The van der Waals surface area contributed by atoms with Crippen molar-refractivity contribution in [1.29, 1.82) is 0 Å². The SMILES string of the molecule is C[C@H]1C[C@@H](C(=O)NCc2ccc(S(=O)(=O)N3CCOCC3)cc2)CCN1.Cl. The first-order valence-corrected chi connectivity index (χ1v) is 10.6. The van der Waals surface area contributed by atoms with E-state index in [1.54, 1.807) is 24.3 Å². The Balaban J connectivity index is 0.00000261. The zero-order valence-electron chi connectivity index (χ0n) is 15.5. The van der Waals surface area contributed by atoms with E-state index in [0.717, 1.165) is 24.9 Å². The molecule has 7 nitrogen and oxygen atoms in total. The minimum Gasteiger partial charge on any atom is -0.379 e. The van der Waals surface area contributed by atoms with Gasteiger partial charge in [-0.15, -0.1) is 12.4 Å². The van der Waals surface area contributed by atoms with E-state index >= 15 is 0 Å². The van der Waals surface area contributed by atoms with Crippen LogP contribution in [0.3, 0.4) is 0 Å². The highest BCUT2D eigenvalue weighted by Crippen LogP contribution is 2.19. The van der Waals surface area contributed by atoms with Gasteiger partial charge < -0.3 is 15.4 Å². The maximum absolute atomic E-state index is 12.6. The third kappa shape index (κ3) is 5.65. The van der Waals surface area contributed by atoms with Gasteiger partial charge in [-0.25, -0.2) is 8.42 Å². The second-order valence-electron chi connectivity index (χ2n) is 6.95. The third-order valence-corrected chi connectivity index (χ3v) is 6.91. The fraction of sp³-hybridized carbons (Fsp3) is 0.611. The Morgan fingerprint density at radius 1 is 1.26 bits per heavy atom. The van der Waals surface area contributed by atoms with Crippen LogP contribution in [0.25, 0.3) is 0 Å².